The number of rotatable bonds is 3. The highest BCUT2D eigenvalue weighted by molar-refractivity contribution is 6.06. The summed E-state index contributed by atoms with van der Waals surface area (Å²) in [5, 5.41) is 10.6. The van der Waals surface area contributed by atoms with E-state index in [0.29, 0.717) is 17.0 Å². The first-order valence-corrected chi connectivity index (χ1v) is 6.56. The van der Waals surface area contributed by atoms with Crippen LogP contribution >= 0.6 is 0 Å². The minimum atomic E-state index is -0.186. The molecule has 3 aromatic rings. The number of aromatic nitrogens is 2. The molecule has 5 heteroatoms. The summed E-state index contributed by atoms with van der Waals surface area (Å²) in [5.41, 5.74) is 3.12. The van der Waals surface area contributed by atoms with E-state index in [-0.39, 0.29) is 5.91 Å². The van der Waals surface area contributed by atoms with Crippen LogP contribution in [0.1, 0.15) is 15.9 Å². The van der Waals surface area contributed by atoms with Crippen molar-refractivity contribution in [1.29, 1.82) is 0 Å². The molecule has 1 heterocycles. The Hall–Kier alpha value is -2.82. The Morgan fingerprint density at radius 1 is 1.24 bits per heavy atom. The van der Waals surface area contributed by atoms with Gasteiger partial charge in [-0.3, -0.25) is 9.89 Å². The molecule has 0 saturated heterocycles. The summed E-state index contributed by atoms with van der Waals surface area (Å²) in [4.78, 5) is 12.3. The van der Waals surface area contributed by atoms with Crippen molar-refractivity contribution >= 4 is 22.5 Å². The smallest absolute Gasteiger partial charge is 0.255 e. The maximum absolute atomic E-state index is 12.3. The fourth-order valence-electron chi connectivity index (χ4n) is 2.17. The van der Waals surface area contributed by atoms with Crippen LogP contribution in [-0.4, -0.2) is 23.2 Å². The largest absolute Gasteiger partial charge is 0.495 e. The third-order valence-electron chi connectivity index (χ3n) is 3.31. The Kier molecular flexibility index (Phi) is 3.31. The molecule has 21 heavy (non-hydrogen) atoms. The summed E-state index contributed by atoms with van der Waals surface area (Å²) in [6.07, 6.45) is 1.72. The molecule has 0 fully saturated rings. The molecule has 5 nitrogen and oxygen atoms in total. The van der Waals surface area contributed by atoms with Gasteiger partial charge in [-0.2, -0.15) is 5.10 Å². The molecule has 0 bridgehead atoms. The molecule has 0 aliphatic heterocycles. The van der Waals surface area contributed by atoms with Gasteiger partial charge in [0.15, 0.2) is 0 Å². The summed E-state index contributed by atoms with van der Waals surface area (Å²) in [6.45, 7) is 1.97. The van der Waals surface area contributed by atoms with Crippen LogP contribution in [0, 0.1) is 6.92 Å². The van der Waals surface area contributed by atoms with Gasteiger partial charge in [0.2, 0.25) is 0 Å². The Bertz CT molecular complexity index is 808. The van der Waals surface area contributed by atoms with E-state index in [2.05, 4.69) is 15.5 Å². The molecule has 0 saturated carbocycles. The van der Waals surface area contributed by atoms with E-state index in [0.717, 1.165) is 16.5 Å². The second-order valence-corrected chi connectivity index (χ2v) is 4.83. The Labute approximate surface area is 121 Å². The topological polar surface area (TPSA) is 67.0 Å². The SMILES string of the molecule is COc1cc(C)ccc1NC(=O)c1ccc2cn[nH]c2c1. The highest BCUT2D eigenvalue weighted by atomic mass is 16.5. The van der Waals surface area contributed by atoms with Gasteiger partial charge in [-0.25, -0.2) is 0 Å². The molecule has 0 aliphatic carbocycles. The number of methoxy groups -OCH3 is 1. The van der Waals surface area contributed by atoms with Gasteiger partial charge in [0.05, 0.1) is 24.5 Å². The molecule has 1 aromatic heterocycles. The predicted molar refractivity (Wildman–Crippen MR) is 81.8 cm³/mol. The second kappa shape index (κ2) is 5.28. The quantitative estimate of drug-likeness (QED) is 0.775. The van der Waals surface area contributed by atoms with Crippen LogP contribution in [-0.2, 0) is 0 Å². The first-order valence-electron chi connectivity index (χ1n) is 6.56. The lowest BCUT2D eigenvalue weighted by atomic mass is 10.1. The molecule has 0 atom stereocenters. The average Bonchev–Trinajstić information content (AvgIpc) is 2.96. The number of hydrogen-bond acceptors (Lipinski definition) is 3. The minimum absolute atomic E-state index is 0.186. The molecule has 1 amide bonds. The summed E-state index contributed by atoms with van der Waals surface area (Å²) in [5.74, 6) is 0.458. The van der Waals surface area contributed by atoms with Crippen molar-refractivity contribution in [3.05, 3.63) is 53.7 Å². The maximum Gasteiger partial charge on any atom is 0.255 e. The van der Waals surface area contributed by atoms with E-state index >= 15 is 0 Å². The molecule has 0 spiro atoms. The van der Waals surface area contributed by atoms with Crippen molar-refractivity contribution in [3.63, 3.8) is 0 Å². The highest BCUT2D eigenvalue weighted by Crippen LogP contribution is 2.26. The molecule has 2 N–H and O–H groups in total. The highest BCUT2D eigenvalue weighted by Gasteiger charge is 2.11. The van der Waals surface area contributed by atoms with Gasteiger partial charge in [-0.1, -0.05) is 12.1 Å². The number of fused-ring (bicyclic) bond motifs is 1. The number of nitrogens with one attached hydrogen (secondary N) is 2. The van der Waals surface area contributed by atoms with Crippen molar-refractivity contribution in [2.45, 2.75) is 6.92 Å². The van der Waals surface area contributed by atoms with E-state index in [1.54, 1.807) is 25.4 Å². The van der Waals surface area contributed by atoms with E-state index in [1.165, 1.54) is 0 Å². The number of aromatic amines is 1. The summed E-state index contributed by atoms with van der Waals surface area (Å²) >= 11 is 0. The zero-order valence-electron chi connectivity index (χ0n) is 11.8. The zero-order chi connectivity index (χ0) is 14.8. The number of carbonyl (C=O) groups excluding carboxylic acids is 1. The van der Waals surface area contributed by atoms with Gasteiger partial charge < -0.3 is 10.1 Å². The molecule has 0 unspecified atom stereocenters. The van der Waals surface area contributed by atoms with Crippen molar-refractivity contribution in [2.75, 3.05) is 12.4 Å². The first-order chi connectivity index (χ1) is 10.2. The van der Waals surface area contributed by atoms with E-state index in [4.69, 9.17) is 4.74 Å². The number of benzene rings is 2. The van der Waals surface area contributed by atoms with Crippen molar-refractivity contribution in [3.8, 4) is 5.75 Å². The van der Waals surface area contributed by atoms with Gasteiger partial charge in [0, 0.05) is 10.9 Å². The number of amides is 1. The maximum atomic E-state index is 12.3. The standard InChI is InChI=1S/C16H15N3O2/c1-10-3-6-13(15(7-10)21-2)18-16(20)11-4-5-12-9-17-19-14(12)8-11/h3-9H,1-2H3,(H,17,19)(H,18,20). The summed E-state index contributed by atoms with van der Waals surface area (Å²) < 4.78 is 5.29. The average molecular weight is 281 g/mol. The normalized spacial score (nSPS) is 10.6. The number of anilines is 1. The molecular weight excluding hydrogens is 266 g/mol. The lowest BCUT2D eigenvalue weighted by molar-refractivity contribution is 0.102. The fraction of sp³-hybridized carbons (Fsp3) is 0.125. The van der Waals surface area contributed by atoms with Gasteiger partial charge in [-0.15, -0.1) is 0 Å². The number of nitrogens with zero attached hydrogens (tertiary/aromatic N) is 1. The zero-order valence-corrected chi connectivity index (χ0v) is 11.8. The fourth-order valence-corrected chi connectivity index (χ4v) is 2.17. The van der Waals surface area contributed by atoms with Gasteiger partial charge >= 0.3 is 0 Å². The van der Waals surface area contributed by atoms with Crippen LogP contribution in [0.25, 0.3) is 10.9 Å². The van der Waals surface area contributed by atoms with E-state index < -0.39 is 0 Å². The van der Waals surface area contributed by atoms with Crippen molar-refractivity contribution in [1.82, 2.24) is 10.2 Å². The Balaban J connectivity index is 1.88. The number of hydrogen-bond donors (Lipinski definition) is 2. The number of H-pyrrole nitrogens is 1. The van der Waals surface area contributed by atoms with Crippen LogP contribution in [0.15, 0.2) is 42.6 Å². The molecular formula is C16H15N3O2. The number of aryl methyl sites for hydroxylation is 1. The van der Waals surface area contributed by atoms with Gasteiger partial charge in [-0.05, 0) is 36.8 Å². The molecule has 2 aromatic carbocycles. The number of carbonyl (C=O) groups is 1. The summed E-state index contributed by atoms with van der Waals surface area (Å²) in [7, 11) is 1.58. The van der Waals surface area contributed by atoms with Crippen molar-refractivity contribution < 1.29 is 9.53 Å². The lowest BCUT2D eigenvalue weighted by Gasteiger charge is -2.11. The minimum Gasteiger partial charge on any atom is -0.495 e. The lowest BCUT2D eigenvalue weighted by Crippen LogP contribution is -2.12. The monoisotopic (exact) mass is 281 g/mol. The van der Waals surface area contributed by atoms with Crippen LogP contribution in [0.2, 0.25) is 0 Å². The predicted octanol–water partition coefficient (Wildman–Crippen LogP) is 3.13. The third kappa shape index (κ3) is 2.58. The molecule has 106 valence electrons. The Morgan fingerprint density at radius 2 is 2.10 bits per heavy atom. The van der Waals surface area contributed by atoms with Gasteiger partial charge in [0.1, 0.15) is 5.75 Å². The molecule has 0 radical (unpaired) electrons. The number of ether oxygens (including phenoxy) is 1. The van der Waals surface area contributed by atoms with Crippen LogP contribution < -0.4 is 10.1 Å². The molecule has 0 aliphatic rings. The van der Waals surface area contributed by atoms with Crippen molar-refractivity contribution in [2.24, 2.45) is 0 Å². The van der Waals surface area contributed by atoms with Crippen LogP contribution in [0.4, 0.5) is 5.69 Å². The van der Waals surface area contributed by atoms with Crippen LogP contribution in [0.3, 0.4) is 0 Å². The second-order valence-electron chi connectivity index (χ2n) is 4.83. The van der Waals surface area contributed by atoms with Crippen LogP contribution in [0.5, 0.6) is 5.75 Å². The Morgan fingerprint density at radius 3 is 2.90 bits per heavy atom. The van der Waals surface area contributed by atoms with Gasteiger partial charge in [0.25, 0.3) is 5.91 Å². The third-order valence-corrected chi connectivity index (χ3v) is 3.31. The van der Waals surface area contributed by atoms with E-state index in [9.17, 15) is 4.79 Å². The first kappa shape index (κ1) is 13.2. The summed E-state index contributed by atoms with van der Waals surface area (Å²) in [6, 6.07) is 11.1. The van der Waals surface area contributed by atoms with E-state index in [1.807, 2.05) is 31.2 Å². The molecule has 3 rings (SSSR count).